The van der Waals surface area contributed by atoms with Gasteiger partial charge in [-0.25, -0.2) is 9.37 Å². The van der Waals surface area contributed by atoms with E-state index in [4.69, 9.17) is 11.6 Å². The third kappa shape index (κ3) is 3.36. The van der Waals surface area contributed by atoms with Crippen molar-refractivity contribution in [2.24, 2.45) is 5.41 Å². The number of halogens is 2. The topological polar surface area (TPSA) is 53.4 Å². The van der Waals surface area contributed by atoms with Crippen LogP contribution in [0.3, 0.4) is 0 Å². The number of pyridine rings is 1. The highest BCUT2D eigenvalue weighted by molar-refractivity contribution is 6.30. The van der Waals surface area contributed by atoms with E-state index in [1.165, 1.54) is 18.3 Å². The number of carbonyl (C=O) groups is 1. The first-order valence-electron chi connectivity index (χ1n) is 7.83. The number of carboxylic acid groups (broad SMARTS) is 1. The van der Waals surface area contributed by atoms with Crippen molar-refractivity contribution in [1.82, 2.24) is 4.98 Å². The summed E-state index contributed by atoms with van der Waals surface area (Å²) in [6.07, 6.45) is 3.09. The van der Waals surface area contributed by atoms with E-state index < -0.39 is 17.2 Å². The summed E-state index contributed by atoms with van der Waals surface area (Å²) in [6, 6.07) is 10.1. The Balaban J connectivity index is 1.90. The summed E-state index contributed by atoms with van der Waals surface area (Å²) in [6.45, 7) is 0.821. The minimum Gasteiger partial charge on any atom is -0.481 e. The lowest BCUT2D eigenvalue weighted by atomic mass is 9.75. The van der Waals surface area contributed by atoms with E-state index >= 15 is 0 Å². The highest BCUT2D eigenvalue weighted by Gasteiger charge is 2.43. The molecular formula is C18H18ClFN2O2. The Morgan fingerprint density at radius 3 is 2.92 bits per heavy atom. The SMILES string of the molecule is O=C(O)C1(Cc2cccc(Cl)c2)CCCN(c2ncccc2F)C1. The second kappa shape index (κ2) is 6.77. The van der Waals surface area contributed by atoms with Gasteiger partial charge in [0.05, 0.1) is 5.41 Å². The smallest absolute Gasteiger partial charge is 0.311 e. The number of hydrogen-bond acceptors (Lipinski definition) is 3. The second-order valence-corrected chi connectivity index (χ2v) is 6.66. The molecule has 0 amide bonds. The normalized spacial score (nSPS) is 20.8. The average molecular weight is 349 g/mol. The molecule has 6 heteroatoms. The summed E-state index contributed by atoms with van der Waals surface area (Å²) in [7, 11) is 0. The van der Waals surface area contributed by atoms with Crippen LogP contribution >= 0.6 is 11.6 Å². The van der Waals surface area contributed by atoms with Crippen molar-refractivity contribution < 1.29 is 14.3 Å². The summed E-state index contributed by atoms with van der Waals surface area (Å²) >= 11 is 6.02. The third-order valence-corrected chi connectivity index (χ3v) is 4.74. The summed E-state index contributed by atoms with van der Waals surface area (Å²) in [5, 5.41) is 10.5. The van der Waals surface area contributed by atoms with Crippen molar-refractivity contribution in [1.29, 1.82) is 0 Å². The fraction of sp³-hybridized carbons (Fsp3) is 0.333. The van der Waals surface area contributed by atoms with Gasteiger partial charge in [-0.15, -0.1) is 0 Å². The number of carboxylic acids is 1. The largest absolute Gasteiger partial charge is 0.481 e. The molecule has 4 nitrogen and oxygen atoms in total. The van der Waals surface area contributed by atoms with Crippen molar-refractivity contribution in [3.63, 3.8) is 0 Å². The van der Waals surface area contributed by atoms with Gasteiger partial charge in [0.25, 0.3) is 0 Å². The lowest BCUT2D eigenvalue weighted by molar-refractivity contribution is -0.149. The Labute approximate surface area is 144 Å². The molecule has 0 saturated carbocycles. The number of aliphatic carboxylic acids is 1. The quantitative estimate of drug-likeness (QED) is 0.913. The Kier molecular flexibility index (Phi) is 4.71. The number of piperidine rings is 1. The molecule has 1 unspecified atom stereocenters. The molecule has 0 spiro atoms. The molecule has 126 valence electrons. The zero-order valence-electron chi connectivity index (χ0n) is 13.1. The van der Waals surface area contributed by atoms with E-state index in [0.29, 0.717) is 30.8 Å². The van der Waals surface area contributed by atoms with Gasteiger partial charge in [-0.1, -0.05) is 23.7 Å². The molecule has 24 heavy (non-hydrogen) atoms. The average Bonchev–Trinajstić information content (AvgIpc) is 2.55. The lowest BCUT2D eigenvalue weighted by Gasteiger charge is -2.40. The van der Waals surface area contributed by atoms with Gasteiger partial charge in [0.2, 0.25) is 0 Å². The molecule has 0 radical (unpaired) electrons. The Bertz CT molecular complexity index is 755. The number of rotatable bonds is 4. The predicted molar refractivity (Wildman–Crippen MR) is 90.9 cm³/mol. The first-order valence-corrected chi connectivity index (χ1v) is 8.21. The fourth-order valence-electron chi connectivity index (χ4n) is 3.35. The molecule has 1 aliphatic rings. The van der Waals surface area contributed by atoms with Crippen LogP contribution < -0.4 is 4.90 Å². The summed E-state index contributed by atoms with van der Waals surface area (Å²) in [4.78, 5) is 17.9. The Morgan fingerprint density at radius 2 is 2.21 bits per heavy atom. The van der Waals surface area contributed by atoms with Crippen LogP contribution in [0.15, 0.2) is 42.6 Å². The maximum Gasteiger partial charge on any atom is 0.311 e. The van der Waals surface area contributed by atoms with E-state index in [2.05, 4.69) is 4.98 Å². The molecule has 1 aromatic heterocycles. The van der Waals surface area contributed by atoms with E-state index in [1.807, 2.05) is 12.1 Å². The predicted octanol–water partition coefficient (Wildman–Crippen LogP) is 3.79. The number of benzene rings is 1. The standard InChI is InChI=1S/C18H18ClFN2O2/c19-14-5-1-4-13(10-14)11-18(17(23)24)7-3-9-22(12-18)16-15(20)6-2-8-21-16/h1-2,4-6,8,10H,3,7,9,11-12H2,(H,23,24). The zero-order chi connectivity index (χ0) is 17.2. The maximum absolute atomic E-state index is 14.0. The van der Waals surface area contributed by atoms with Gasteiger partial charge < -0.3 is 10.0 Å². The minimum atomic E-state index is -0.979. The van der Waals surface area contributed by atoms with Gasteiger partial charge >= 0.3 is 5.97 Å². The lowest BCUT2D eigenvalue weighted by Crippen LogP contribution is -2.49. The van der Waals surface area contributed by atoms with Gasteiger partial charge in [0, 0.05) is 24.3 Å². The molecule has 2 heterocycles. The van der Waals surface area contributed by atoms with E-state index in [-0.39, 0.29) is 12.4 Å². The third-order valence-electron chi connectivity index (χ3n) is 4.50. The van der Waals surface area contributed by atoms with Crippen molar-refractivity contribution in [2.45, 2.75) is 19.3 Å². The zero-order valence-corrected chi connectivity index (χ0v) is 13.8. The van der Waals surface area contributed by atoms with Crippen molar-refractivity contribution in [3.05, 3.63) is 59.0 Å². The number of hydrogen-bond donors (Lipinski definition) is 1. The Morgan fingerprint density at radius 1 is 1.38 bits per heavy atom. The number of aromatic nitrogens is 1. The van der Waals surface area contributed by atoms with Crippen molar-refractivity contribution >= 4 is 23.4 Å². The van der Waals surface area contributed by atoms with Gasteiger partial charge in [-0.3, -0.25) is 4.79 Å². The van der Waals surface area contributed by atoms with Crippen molar-refractivity contribution in [3.8, 4) is 0 Å². The van der Waals surface area contributed by atoms with Crippen LogP contribution in [0.4, 0.5) is 10.2 Å². The van der Waals surface area contributed by atoms with Gasteiger partial charge in [0.1, 0.15) is 0 Å². The first kappa shape index (κ1) is 16.7. The highest BCUT2D eigenvalue weighted by Crippen LogP contribution is 2.36. The second-order valence-electron chi connectivity index (χ2n) is 6.23. The summed E-state index contributed by atoms with van der Waals surface area (Å²) in [5.74, 6) is -1.08. The number of nitrogens with zero attached hydrogens (tertiary/aromatic N) is 2. The minimum absolute atomic E-state index is 0.217. The molecule has 1 fully saturated rings. The molecule has 1 aliphatic heterocycles. The maximum atomic E-state index is 14.0. The van der Waals surface area contributed by atoms with Crippen molar-refractivity contribution in [2.75, 3.05) is 18.0 Å². The summed E-state index contributed by atoms with van der Waals surface area (Å²) in [5.41, 5.74) is -0.111. The molecule has 1 atom stereocenters. The van der Waals surface area contributed by atoms with E-state index in [9.17, 15) is 14.3 Å². The molecule has 3 rings (SSSR count). The molecule has 0 aliphatic carbocycles. The van der Waals surface area contributed by atoms with Crippen LogP contribution in [0.2, 0.25) is 5.02 Å². The van der Waals surface area contributed by atoms with E-state index in [0.717, 1.165) is 5.56 Å². The van der Waals surface area contributed by atoms with Crippen LogP contribution in [0.5, 0.6) is 0 Å². The first-order chi connectivity index (χ1) is 11.5. The van der Waals surface area contributed by atoms with E-state index in [1.54, 1.807) is 17.0 Å². The van der Waals surface area contributed by atoms with Crippen LogP contribution in [-0.4, -0.2) is 29.1 Å². The van der Waals surface area contributed by atoms with Gasteiger partial charge in [-0.05, 0) is 49.1 Å². The summed E-state index contributed by atoms with van der Waals surface area (Å²) < 4.78 is 14.0. The van der Waals surface area contributed by atoms with Gasteiger partial charge in [0.15, 0.2) is 11.6 Å². The molecular weight excluding hydrogens is 331 g/mol. The number of anilines is 1. The van der Waals surface area contributed by atoms with Crippen LogP contribution in [0.25, 0.3) is 0 Å². The molecule has 2 aromatic rings. The highest BCUT2D eigenvalue weighted by atomic mass is 35.5. The Hall–Kier alpha value is -2.14. The van der Waals surface area contributed by atoms with Crippen LogP contribution in [0.1, 0.15) is 18.4 Å². The fourth-order valence-corrected chi connectivity index (χ4v) is 3.57. The molecule has 1 saturated heterocycles. The molecule has 1 N–H and O–H groups in total. The molecule has 1 aromatic carbocycles. The van der Waals surface area contributed by atoms with Gasteiger partial charge in [-0.2, -0.15) is 0 Å². The monoisotopic (exact) mass is 348 g/mol. The van der Waals surface area contributed by atoms with Crippen LogP contribution in [-0.2, 0) is 11.2 Å². The molecule has 0 bridgehead atoms. The van der Waals surface area contributed by atoms with Crippen LogP contribution in [0, 0.1) is 11.2 Å².